The molecule has 0 bridgehead atoms. The van der Waals surface area contributed by atoms with E-state index in [0.717, 1.165) is 40.3 Å². The Balaban J connectivity index is 2.40. The van der Waals surface area contributed by atoms with Crippen molar-refractivity contribution in [3.05, 3.63) is 53.3 Å². The quantitative estimate of drug-likeness (QED) is 0.693. The number of carbonyl (C=O) groups is 1. The number of hydrogen-bond donors (Lipinski definition) is 1. The SMILES string of the molecule is CCCC(C(=O)O)c1c(C)nc2cc(C(C)(C)C)nn2c1-c1ccccc1. The van der Waals surface area contributed by atoms with Crippen LogP contribution in [-0.2, 0) is 10.2 Å². The second kappa shape index (κ2) is 7.14. The van der Waals surface area contributed by atoms with E-state index in [-0.39, 0.29) is 5.41 Å². The normalized spacial score (nSPS) is 13.1. The smallest absolute Gasteiger partial charge is 0.311 e. The van der Waals surface area contributed by atoms with Gasteiger partial charge in [0.2, 0.25) is 0 Å². The second-order valence-corrected chi connectivity index (χ2v) is 8.05. The van der Waals surface area contributed by atoms with Crippen LogP contribution in [-0.4, -0.2) is 25.7 Å². The van der Waals surface area contributed by atoms with Crippen molar-refractivity contribution in [2.75, 3.05) is 0 Å². The summed E-state index contributed by atoms with van der Waals surface area (Å²) >= 11 is 0. The van der Waals surface area contributed by atoms with Gasteiger partial charge in [-0.2, -0.15) is 5.10 Å². The molecule has 0 spiro atoms. The molecular formula is C22H27N3O2. The van der Waals surface area contributed by atoms with Gasteiger partial charge in [0.1, 0.15) is 0 Å². The van der Waals surface area contributed by atoms with Gasteiger partial charge in [0.15, 0.2) is 5.65 Å². The van der Waals surface area contributed by atoms with E-state index < -0.39 is 11.9 Å². The minimum atomic E-state index is -0.818. The maximum absolute atomic E-state index is 12.1. The first-order valence-corrected chi connectivity index (χ1v) is 9.43. The topological polar surface area (TPSA) is 67.5 Å². The average Bonchev–Trinajstić information content (AvgIpc) is 3.03. The molecule has 1 atom stereocenters. The summed E-state index contributed by atoms with van der Waals surface area (Å²) in [5, 5.41) is 14.7. The molecule has 27 heavy (non-hydrogen) atoms. The zero-order chi connectivity index (χ0) is 19.8. The van der Waals surface area contributed by atoms with E-state index in [2.05, 4.69) is 20.8 Å². The molecule has 0 saturated heterocycles. The zero-order valence-electron chi connectivity index (χ0n) is 16.7. The second-order valence-electron chi connectivity index (χ2n) is 8.05. The summed E-state index contributed by atoms with van der Waals surface area (Å²) in [5.74, 6) is -1.43. The Morgan fingerprint density at radius 3 is 2.44 bits per heavy atom. The summed E-state index contributed by atoms with van der Waals surface area (Å²) in [6.07, 6.45) is 1.35. The summed E-state index contributed by atoms with van der Waals surface area (Å²) in [7, 11) is 0. The van der Waals surface area contributed by atoms with Crippen molar-refractivity contribution in [3.8, 4) is 11.3 Å². The molecule has 0 amide bonds. The Labute approximate surface area is 160 Å². The molecule has 2 aromatic heterocycles. The van der Waals surface area contributed by atoms with E-state index in [9.17, 15) is 9.90 Å². The van der Waals surface area contributed by atoms with Crippen LogP contribution in [0.2, 0.25) is 0 Å². The standard InChI is InChI=1S/C22H27N3O2/c1-6-10-16(21(26)27)19-14(2)23-18-13-17(22(3,4)5)24-25(18)20(19)15-11-8-7-9-12-15/h7-9,11-13,16H,6,10H2,1-5H3,(H,26,27). The van der Waals surface area contributed by atoms with Gasteiger partial charge < -0.3 is 5.11 Å². The molecule has 1 N–H and O–H groups in total. The predicted octanol–water partition coefficient (Wildman–Crippen LogP) is 4.97. The molecule has 2 heterocycles. The molecule has 0 radical (unpaired) electrons. The lowest BCUT2D eigenvalue weighted by Crippen LogP contribution is -2.17. The first-order valence-electron chi connectivity index (χ1n) is 9.43. The Morgan fingerprint density at radius 1 is 1.22 bits per heavy atom. The highest BCUT2D eigenvalue weighted by atomic mass is 16.4. The van der Waals surface area contributed by atoms with Crippen molar-refractivity contribution in [2.45, 2.75) is 58.8 Å². The van der Waals surface area contributed by atoms with Gasteiger partial charge in [0.05, 0.1) is 17.3 Å². The molecule has 5 nitrogen and oxygen atoms in total. The van der Waals surface area contributed by atoms with Gasteiger partial charge in [-0.1, -0.05) is 64.4 Å². The van der Waals surface area contributed by atoms with Gasteiger partial charge in [-0.3, -0.25) is 4.79 Å². The number of aromatic nitrogens is 3. The van der Waals surface area contributed by atoms with Gasteiger partial charge in [-0.05, 0) is 13.3 Å². The highest BCUT2D eigenvalue weighted by Crippen LogP contribution is 2.35. The fraction of sp³-hybridized carbons (Fsp3) is 0.409. The zero-order valence-corrected chi connectivity index (χ0v) is 16.7. The number of rotatable bonds is 5. The maximum Gasteiger partial charge on any atom is 0.311 e. The first kappa shape index (κ1) is 19.1. The molecule has 1 aromatic carbocycles. The van der Waals surface area contributed by atoms with Gasteiger partial charge >= 0.3 is 5.97 Å². The summed E-state index contributed by atoms with van der Waals surface area (Å²) in [5.41, 5.74) is 4.86. The third-order valence-corrected chi connectivity index (χ3v) is 4.87. The summed E-state index contributed by atoms with van der Waals surface area (Å²) in [6.45, 7) is 10.2. The Morgan fingerprint density at radius 2 is 1.89 bits per heavy atom. The van der Waals surface area contributed by atoms with Crippen LogP contribution in [0.25, 0.3) is 16.9 Å². The van der Waals surface area contributed by atoms with Crippen molar-refractivity contribution in [1.82, 2.24) is 14.6 Å². The monoisotopic (exact) mass is 365 g/mol. The van der Waals surface area contributed by atoms with Crippen LogP contribution in [0.1, 0.15) is 63.4 Å². The lowest BCUT2D eigenvalue weighted by atomic mass is 9.89. The number of nitrogens with zero attached hydrogens (tertiary/aromatic N) is 3. The molecular weight excluding hydrogens is 338 g/mol. The Bertz CT molecular complexity index is 969. The summed E-state index contributed by atoms with van der Waals surface area (Å²) in [4.78, 5) is 16.8. The number of fused-ring (bicyclic) bond motifs is 1. The van der Waals surface area contributed by atoms with Crippen LogP contribution >= 0.6 is 0 Å². The van der Waals surface area contributed by atoms with Crippen LogP contribution in [0.15, 0.2) is 36.4 Å². The van der Waals surface area contributed by atoms with E-state index in [1.54, 1.807) is 0 Å². The summed E-state index contributed by atoms with van der Waals surface area (Å²) in [6, 6.07) is 11.9. The van der Waals surface area contributed by atoms with E-state index in [4.69, 9.17) is 10.1 Å². The van der Waals surface area contributed by atoms with Crippen LogP contribution in [0, 0.1) is 6.92 Å². The lowest BCUT2D eigenvalue weighted by molar-refractivity contribution is -0.139. The van der Waals surface area contributed by atoms with Crippen molar-refractivity contribution in [1.29, 1.82) is 0 Å². The number of aryl methyl sites for hydroxylation is 1. The largest absolute Gasteiger partial charge is 0.481 e. The maximum atomic E-state index is 12.1. The molecule has 0 fully saturated rings. The predicted molar refractivity (Wildman–Crippen MR) is 107 cm³/mol. The molecule has 3 rings (SSSR count). The number of carboxylic acids is 1. The van der Waals surface area contributed by atoms with E-state index in [1.165, 1.54) is 0 Å². The third kappa shape index (κ3) is 3.59. The van der Waals surface area contributed by atoms with Crippen molar-refractivity contribution < 1.29 is 9.90 Å². The van der Waals surface area contributed by atoms with Crippen LogP contribution in [0.3, 0.4) is 0 Å². The van der Waals surface area contributed by atoms with E-state index >= 15 is 0 Å². The number of aliphatic carboxylic acids is 1. The number of hydrogen-bond acceptors (Lipinski definition) is 3. The molecule has 3 aromatic rings. The summed E-state index contributed by atoms with van der Waals surface area (Å²) < 4.78 is 1.82. The average molecular weight is 365 g/mol. The fourth-order valence-electron chi connectivity index (χ4n) is 3.47. The van der Waals surface area contributed by atoms with E-state index in [0.29, 0.717) is 6.42 Å². The van der Waals surface area contributed by atoms with Gasteiger partial charge in [-0.25, -0.2) is 9.50 Å². The van der Waals surface area contributed by atoms with Gasteiger partial charge in [0, 0.05) is 28.3 Å². The Kier molecular flexibility index (Phi) is 5.05. The van der Waals surface area contributed by atoms with Gasteiger partial charge in [-0.15, -0.1) is 0 Å². The molecule has 0 saturated carbocycles. The number of carboxylic acid groups (broad SMARTS) is 1. The first-order chi connectivity index (χ1) is 12.7. The van der Waals surface area contributed by atoms with E-state index in [1.807, 2.05) is 54.8 Å². The molecule has 1 unspecified atom stereocenters. The molecule has 0 aliphatic rings. The highest BCUT2D eigenvalue weighted by Gasteiger charge is 2.29. The fourth-order valence-corrected chi connectivity index (χ4v) is 3.47. The highest BCUT2D eigenvalue weighted by molar-refractivity contribution is 5.81. The minimum Gasteiger partial charge on any atom is -0.481 e. The van der Waals surface area contributed by atoms with Crippen molar-refractivity contribution in [2.24, 2.45) is 0 Å². The molecule has 5 heteroatoms. The lowest BCUT2D eigenvalue weighted by Gasteiger charge is -2.20. The van der Waals surface area contributed by atoms with Crippen molar-refractivity contribution in [3.63, 3.8) is 0 Å². The Hall–Kier alpha value is -2.69. The molecule has 142 valence electrons. The van der Waals surface area contributed by atoms with Crippen LogP contribution in [0.5, 0.6) is 0 Å². The van der Waals surface area contributed by atoms with Crippen LogP contribution < -0.4 is 0 Å². The minimum absolute atomic E-state index is 0.120. The third-order valence-electron chi connectivity index (χ3n) is 4.87. The van der Waals surface area contributed by atoms with Crippen LogP contribution in [0.4, 0.5) is 0 Å². The molecule has 0 aliphatic carbocycles. The van der Waals surface area contributed by atoms with Gasteiger partial charge in [0.25, 0.3) is 0 Å². The molecule has 0 aliphatic heterocycles. The number of benzene rings is 1. The van der Waals surface area contributed by atoms with Crippen molar-refractivity contribution >= 4 is 11.6 Å².